The van der Waals surface area contributed by atoms with Gasteiger partial charge in [-0.3, -0.25) is 9.79 Å². The summed E-state index contributed by atoms with van der Waals surface area (Å²) in [5.74, 6) is -0.346. The molecule has 0 saturated carbocycles. The molecule has 0 fully saturated rings. The van der Waals surface area contributed by atoms with Crippen molar-refractivity contribution in [2.75, 3.05) is 11.9 Å². The molecule has 0 heterocycles. The third-order valence-electron chi connectivity index (χ3n) is 2.85. The van der Waals surface area contributed by atoms with Crippen molar-refractivity contribution >= 4 is 27.6 Å². The van der Waals surface area contributed by atoms with Crippen molar-refractivity contribution in [2.45, 2.75) is 38.5 Å². The minimum absolute atomic E-state index is 0.0627. The molecule has 1 aromatic carbocycles. The highest BCUT2D eigenvalue weighted by atomic mass is 32.2. The van der Waals surface area contributed by atoms with Crippen LogP contribution in [0.3, 0.4) is 0 Å². The van der Waals surface area contributed by atoms with Crippen LogP contribution in [0.15, 0.2) is 28.1 Å². The first-order valence-electron chi connectivity index (χ1n) is 6.97. The Hall–Kier alpha value is -2.09. The number of nitrogens with one attached hydrogen (secondary N) is 2. The van der Waals surface area contributed by atoms with E-state index in [-0.39, 0.29) is 16.8 Å². The van der Waals surface area contributed by atoms with Gasteiger partial charge >= 0.3 is 0 Å². The van der Waals surface area contributed by atoms with E-state index < -0.39 is 10.0 Å². The number of hydrogen-bond donors (Lipinski definition) is 3. The van der Waals surface area contributed by atoms with E-state index in [1.165, 1.54) is 25.1 Å². The van der Waals surface area contributed by atoms with E-state index >= 15 is 0 Å². The molecule has 0 aliphatic rings. The van der Waals surface area contributed by atoms with Gasteiger partial charge < -0.3 is 11.1 Å². The van der Waals surface area contributed by atoms with Gasteiger partial charge in [-0.2, -0.15) is 0 Å². The maximum Gasteiger partial charge on any atom is 0.264 e. The van der Waals surface area contributed by atoms with Crippen LogP contribution < -0.4 is 15.8 Å². The van der Waals surface area contributed by atoms with E-state index in [0.29, 0.717) is 17.8 Å². The topological polar surface area (TPSA) is 114 Å². The van der Waals surface area contributed by atoms with Crippen molar-refractivity contribution in [2.24, 2.45) is 10.7 Å². The Balaban J connectivity index is 2.92. The van der Waals surface area contributed by atoms with Crippen LogP contribution >= 0.6 is 0 Å². The highest BCUT2D eigenvalue weighted by Crippen LogP contribution is 2.19. The molecule has 122 valence electrons. The van der Waals surface area contributed by atoms with Gasteiger partial charge in [-0.1, -0.05) is 13.3 Å². The largest absolute Gasteiger partial charge is 0.369 e. The second kappa shape index (κ2) is 7.79. The fourth-order valence-electron chi connectivity index (χ4n) is 1.72. The van der Waals surface area contributed by atoms with E-state index in [9.17, 15) is 13.2 Å². The quantitative estimate of drug-likeness (QED) is 0.416. The Bertz CT molecular complexity index is 669. The number of nitrogens with two attached hydrogens (primary N) is 1. The van der Waals surface area contributed by atoms with Gasteiger partial charge in [0.05, 0.1) is 4.90 Å². The zero-order valence-electron chi connectivity index (χ0n) is 13.0. The molecule has 7 nitrogen and oxygen atoms in total. The molecule has 0 aliphatic heterocycles. The average Bonchev–Trinajstić information content (AvgIpc) is 2.40. The molecule has 0 bridgehead atoms. The van der Waals surface area contributed by atoms with Crippen LogP contribution in [-0.2, 0) is 14.8 Å². The lowest BCUT2D eigenvalue weighted by atomic mass is 10.2. The fourth-order valence-corrected chi connectivity index (χ4v) is 2.76. The third kappa shape index (κ3) is 5.36. The molecule has 0 spiro atoms. The highest BCUT2D eigenvalue weighted by molar-refractivity contribution is 7.90. The van der Waals surface area contributed by atoms with Crippen LogP contribution in [0.4, 0.5) is 5.69 Å². The van der Waals surface area contributed by atoms with Crippen molar-refractivity contribution in [3.05, 3.63) is 23.8 Å². The van der Waals surface area contributed by atoms with Crippen LogP contribution in [0.1, 0.15) is 32.3 Å². The summed E-state index contributed by atoms with van der Waals surface area (Å²) in [5, 5.41) is 2.62. The SMILES string of the molecule is CCCCN=C(N)NS(=O)(=O)c1ccc(NC(C)=O)c(C)c1. The number of nitrogens with zero attached hydrogens (tertiary/aromatic N) is 1. The number of rotatable bonds is 6. The molecule has 8 heteroatoms. The predicted molar refractivity (Wildman–Crippen MR) is 87.2 cm³/mol. The van der Waals surface area contributed by atoms with Crippen molar-refractivity contribution in [3.63, 3.8) is 0 Å². The number of aliphatic imine (C=N–C) groups is 1. The van der Waals surface area contributed by atoms with E-state index in [1.807, 2.05) is 6.92 Å². The standard InChI is InChI=1S/C14H22N4O3S/c1-4-5-8-16-14(15)18-22(20,21)12-6-7-13(10(2)9-12)17-11(3)19/h6-7,9H,4-5,8H2,1-3H3,(H,17,19)(H3,15,16,18). The summed E-state index contributed by atoms with van der Waals surface area (Å²) in [6.07, 6.45) is 1.79. The Morgan fingerprint density at radius 1 is 1.36 bits per heavy atom. The van der Waals surface area contributed by atoms with E-state index in [2.05, 4.69) is 15.0 Å². The van der Waals surface area contributed by atoms with Crippen LogP contribution in [0.5, 0.6) is 0 Å². The van der Waals surface area contributed by atoms with Crippen molar-refractivity contribution in [1.29, 1.82) is 0 Å². The lowest BCUT2D eigenvalue weighted by Crippen LogP contribution is -2.37. The fraction of sp³-hybridized carbons (Fsp3) is 0.429. The van der Waals surface area contributed by atoms with Crippen molar-refractivity contribution in [3.8, 4) is 0 Å². The van der Waals surface area contributed by atoms with Crippen LogP contribution in [0, 0.1) is 6.92 Å². The normalized spacial score (nSPS) is 12.0. The summed E-state index contributed by atoms with van der Waals surface area (Å²) in [6, 6.07) is 4.41. The van der Waals surface area contributed by atoms with Gasteiger partial charge in [0.1, 0.15) is 0 Å². The second-order valence-corrected chi connectivity index (χ2v) is 6.57. The predicted octanol–water partition coefficient (Wildman–Crippen LogP) is 1.35. The first-order chi connectivity index (χ1) is 10.3. The molecular weight excluding hydrogens is 304 g/mol. The van der Waals surface area contributed by atoms with E-state index in [4.69, 9.17) is 5.73 Å². The lowest BCUT2D eigenvalue weighted by Gasteiger charge is -2.11. The average molecular weight is 326 g/mol. The number of hydrogen-bond acceptors (Lipinski definition) is 4. The minimum Gasteiger partial charge on any atom is -0.369 e. The van der Waals surface area contributed by atoms with Gasteiger partial charge in [-0.05, 0) is 37.1 Å². The summed E-state index contributed by atoms with van der Waals surface area (Å²) in [6.45, 7) is 5.59. The molecule has 1 amide bonds. The zero-order valence-corrected chi connectivity index (χ0v) is 13.8. The third-order valence-corrected chi connectivity index (χ3v) is 4.20. The molecule has 0 aromatic heterocycles. The molecule has 0 radical (unpaired) electrons. The monoisotopic (exact) mass is 326 g/mol. The Labute approximate surface area is 131 Å². The van der Waals surface area contributed by atoms with Gasteiger partial charge in [0.2, 0.25) is 11.9 Å². The molecule has 0 atom stereocenters. The first kappa shape index (κ1) is 18.0. The van der Waals surface area contributed by atoms with E-state index in [1.54, 1.807) is 6.92 Å². The number of carbonyl (C=O) groups is 1. The molecule has 22 heavy (non-hydrogen) atoms. The number of anilines is 1. The minimum atomic E-state index is -3.78. The summed E-state index contributed by atoms with van der Waals surface area (Å²) in [7, 11) is -3.78. The summed E-state index contributed by atoms with van der Waals surface area (Å²) in [4.78, 5) is 15.1. The number of sulfonamides is 1. The Morgan fingerprint density at radius 2 is 2.05 bits per heavy atom. The number of guanidine groups is 1. The highest BCUT2D eigenvalue weighted by Gasteiger charge is 2.16. The summed E-state index contributed by atoms with van der Waals surface area (Å²) >= 11 is 0. The van der Waals surface area contributed by atoms with Gasteiger partial charge in [-0.15, -0.1) is 0 Å². The Morgan fingerprint density at radius 3 is 2.59 bits per heavy atom. The smallest absolute Gasteiger partial charge is 0.264 e. The molecule has 1 aromatic rings. The molecule has 0 saturated heterocycles. The maximum atomic E-state index is 12.2. The number of unbranched alkanes of at least 4 members (excludes halogenated alkanes) is 1. The summed E-state index contributed by atoms with van der Waals surface area (Å²) < 4.78 is 26.6. The number of carbonyl (C=O) groups excluding carboxylic acids is 1. The Kier molecular flexibility index (Phi) is 6.36. The van der Waals surface area contributed by atoms with Crippen molar-refractivity contribution < 1.29 is 13.2 Å². The van der Waals surface area contributed by atoms with Crippen molar-refractivity contribution in [1.82, 2.24) is 4.72 Å². The van der Waals surface area contributed by atoms with Gasteiger partial charge in [0.25, 0.3) is 10.0 Å². The van der Waals surface area contributed by atoms with Crippen LogP contribution in [0.25, 0.3) is 0 Å². The van der Waals surface area contributed by atoms with Gasteiger partial charge in [0, 0.05) is 19.2 Å². The second-order valence-electron chi connectivity index (χ2n) is 4.88. The van der Waals surface area contributed by atoms with Gasteiger partial charge in [0.15, 0.2) is 0 Å². The van der Waals surface area contributed by atoms with Crippen LogP contribution in [0.2, 0.25) is 0 Å². The number of benzene rings is 1. The number of aryl methyl sites for hydroxylation is 1. The zero-order chi connectivity index (χ0) is 16.8. The van der Waals surface area contributed by atoms with Gasteiger partial charge in [-0.25, -0.2) is 13.1 Å². The maximum absolute atomic E-state index is 12.2. The molecule has 0 unspecified atom stereocenters. The molecule has 0 aliphatic carbocycles. The van der Waals surface area contributed by atoms with Crippen LogP contribution in [-0.4, -0.2) is 26.8 Å². The van der Waals surface area contributed by atoms with E-state index in [0.717, 1.165) is 12.8 Å². The number of amides is 1. The lowest BCUT2D eigenvalue weighted by molar-refractivity contribution is -0.114. The first-order valence-corrected chi connectivity index (χ1v) is 8.45. The molecule has 1 rings (SSSR count). The molecule has 4 N–H and O–H groups in total. The molecular formula is C14H22N4O3S. The summed E-state index contributed by atoms with van der Waals surface area (Å²) in [5.41, 5.74) is 6.78.